The summed E-state index contributed by atoms with van der Waals surface area (Å²) in [5.74, 6) is 0. The van der Waals surface area contributed by atoms with Crippen LogP contribution in [0.5, 0.6) is 0 Å². The van der Waals surface area contributed by atoms with Crippen LogP contribution in [0.4, 0.5) is 0 Å². The zero-order valence-corrected chi connectivity index (χ0v) is 16.0. The number of ether oxygens (including phenoxy) is 1. The van der Waals surface area contributed by atoms with E-state index in [4.69, 9.17) is 16.5 Å². The molecular weight excluding hydrogens is 323 g/mol. The van der Waals surface area contributed by atoms with Crippen LogP contribution in [-0.2, 0) is 16.5 Å². The average molecular weight is 351 g/mol. The number of rotatable bonds is 4. The lowest BCUT2D eigenvalue weighted by molar-refractivity contribution is -0.871. The summed E-state index contributed by atoms with van der Waals surface area (Å²) in [6.45, 7) is 3.94. The van der Waals surface area contributed by atoms with Crippen LogP contribution < -0.4 is 10.2 Å². The molecule has 0 aromatic heterocycles. The summed E-state index contributed by atoms with van der Waals surface area (Å²) < 4.78 is 7.90. The predicted molar refractivity (Wildman–Crippen MR) is 101 cm³/mol. The van der Waals surface area contributed by atoms with E-state index in [0.717, 1.165) is 26.3 Å². The van der Waals surface area contributed by atoms with Gasteiger partial charge in [-0.05, 0) is 33.4 Å². The van der Waals surface area contributed by atoms with Gasteiger partial charge < -0.3 is 9.64 Å². The summed E-state index contributed by atoms with van der Waals surface area (Å²) in [7, 11) is 4.34. The van der Waals surface area contributed by atoms with Crippen molar-refractivity contribution in [3.63, 3.8) is 0 Å². The Hall–Kier alpha value is -0.510. The molecule has 1 heterocycles. The Morgan fingerprint density at radius 3 is 2.35 bits per heavy atom. The lowest BCUT2D eigenvalue weighted by Gasteiger charge is -2.37. The maximum Gasteiger partial charge on any atom is 0.113 e. The second-order valence-electron chi connectivity index (χ2n) is 6.61. The molecule has 1 fully saturated rings. The van der Waals surface area contributed by atoms with Crippen LogP contribution in [0.3, 0.4) is 0 Å². The van der Waals surface area contributed by atoms with Crippen molar-refractivity contribution in [3.8, 4) is 0 Å². The van der Waals surface area contributed by atoms with Crippen LogP contribution in [0.2, 0.25) is 0 Å². The first-order valence-corrected chi connectivity index (χ1v) is 11.4. The Morgan fingerprint density at radius 2 is 1.70 bits per heavy atom. The van der Waals surface area contributed by atoms with E-state index >= 15 is 0 Å². The average Bonchev–Trinajstić information content (AvgIpc) is 2.62. The Balaban J connectivity index is 2.08. The lowest BCUT2D eigenvalue weighted by Crippen LogP contribution is -3.12. The largest absolute Gasteiger partial charge is 0.370 e. The van der Waals surface area contributed by atoms with Crippen molar-refractivity contribution in [1.82, 2.24) is 4.67 Å². The molecule has 3 nitrogen and oxygen atoms in total. The highest BCUT2D eigenvalue weighted by Crippen LogP contribution is 2.58. The molecule has 0 unspecified atom stereocenters. The second-order valence-corrected chi connectivity index (χ2v) is 11.2. The third-order valence-electron chi connectivity index (χ3n) is 5.00. The third kappa shape index (κ3) is 3.47. The fraction of sp³-hybridized carbons (Fsp3) is 0.556. The molecule has 0 spiro atoms. The molecule has 23 heavy (non-hydrogen) atoms. The highest BCUT2D eigenvalue weighted by Gasteiger charge is 2.35. The third-order valence-corrected chi connectivity index (χ3v) is 10.6. The molecule has 1 saturated heterocycles. The second kappa shape index (κ2) is 7.58. The van der Waals surface area contributed by atoms with E-state index in [1.54, 1.807) is 15.9 Å². The summed E-state index contributed by atoms with van der Waals surface area (Å²) in [6, 6.07) is 10.8. The number of nitrogens with zero attached hydrogens (tertiary/aromatic N) is 1. The van der Waals surface area contributed by atoms with Crippen molar-refractivity contribution >= 4 is 23.3 Å². The summed E-state index contributed by atoms with van der Waals surface area (Å²) in [6.07, 6.45) is 3.11. The zero-order chi connectivity index (χ0) is 16.3. The van der Waals surface area contributed by atoms with Crippen LogP contribution in [0.25, 0.3) is 0 Å². The van der Waals surface area contributed by atoms with Crippen molar-refractivity contribution in [2.45, 2.75) is 25.7 Å². The van der Waals surface area contributed by atoms with Crippen molar-refractivity contribution in [2.24, 2.45) is 0 Å². The molecule has 0 bridgehead atoms. The van der Waals surface area contributed by atoms with E-state index in [-0.39, 0.29) is 0 Å². The minimum absolute atomic E-state index is 0.877. The number of hydrogen-bond acceptors (Lipinski definition) is 2. The van der Waals surface area contributed by atoms with Crippen molar-refractivity contribution < 1.29 is 9.64 Å². The number of morpholine rings is 1. The Bertz CT molecular complexity index is 609. The number of quaternary nitrogens is 1. The predicted octanol–water partition coefficient (Wildman–Crippen LogP) is 1.97. The normalized spacial score (nSPS) is 23.1. The summed E-state index contributed by atoms with van der Waals surface area (Å²) in [5.41, 5.74) is 1.61. The smallest absolute Gasteiger partial charge is 0.113 e. The maximum absolute atomic E-state index is 6.39. The van der Waals surface area contributed by atoms with Crippen molar-refractivity contribution in [2.75, 3.05) is 40.4 Å². The molecular formula is C18H28N2OPS+. The van der Waals surface area contributed by atoms with E-state index in [0.29, 0.717) is 0 Å². The van der Waals surface area contributed by atoms with Crippen LogP contribution >= 0.6 is 6.19 Å². The zero-order valence-electron chi connectivity index (χ0n) is 14.3. The van der Waals surface area contributed by atoms with E-state index in [1.165, 1.54) is 31.0 Å². The molecule has 3 rings (SSSR count). The molecule has 0 radical (unpaired) electrons. The number of allylic oxidation sites excluding steroid dienone is 2. The van der Waals surface area contributed by atoms with Crippen LogP contribution in [0.1, 0.15) is 25.7 Å². The molecule has 1 N–H and O–H groups in total. The lowest BCUT2D eigenvalue weighted by atomic mass is 10.0. The van der Waals surface area contributed by atoms with Crippen LogP contribution in [0.15, 0.2) is 41.3 Å². The van der Waals surface area contributed by atoms with Crippen molar-refractivity contribution in [3.05, 3.63) is 41.3 Å². The van der Waals surface area contributed by atoms with Crippen LogP contribution in [-0.4, -0.2) is 45.1 Å². The Labute approximate surface area is 145 Å². The topological polar surface area (TPSA) is 16.9 Å². The van der Waals surface area contributed by atoms with Crippen molar-refractivity contribution in [1.29, 1.82) is 0 Å². The van der Waals surface area contributed by atoms with Gasteiger partial charge in [0.2, 0.25) is 0 Å². The summed E-state index contributed by atoms with van der Waals surface area (Å²) in [5, 5.41) is 2.91. The molecule has 1 aliphatic heterocycles. The van der Waals surface area contributed by atoms with E-state index in [9.17, 15) is 0 Å². The van der Waals surface area contributed by atoms with Gasteiger partial charge in [0.05, 0.1) is 19.4 Å². The van der Waals surface area contributed by atoms with Gasteiger partial charge in [0.25, 0.3) is 0 Å². The minimum atomic E-state index is -1.86. The minimum Gasteiger partial charge on any atom is -0.370 e. The summed E-state index contributed by atoms with van der Waals surface area (Å²) >= 11 is 6.39. The molecule has 5 heteroatoms. The van der Waals surface area contributed by atoms with Gasteiger partial charge in [-0.1, -0.05) is 42.1 Å². The quantitative estimate of drug-likeness (QED) is 0.836. The highest BCUT2D eigenvalue weighted by molar-refractivity contribution is 8.19. The first kappa shape index (κ1) is 17.3. The molecule has 126 valence electrons. The van der Waals surface area contributed by atoms with Gasteiger partial charge in [-0.25, -0.2) is 0 Å². The van der Waals surface area contributed by atoms with Gasteiger partial charge in [0, 0.05) is 17.0 Å². The molecule has 2 aliphatic rings. The number of benzene rings is 1. The highest BCUT2D eigenvalue weighted by atomic mass is 32.4. The van der Waals surface area contributed by atoms with Crippen LogP contribution in [0, 0.1) is 0 Å². The number of nitrogens with one attached hydrogen (secondary N) is 1. The SMILES string of the molecule is CN(C)[P@](=S)(C1=C([NH+]2CCOCC2)CCCC1)c1ccccc1. The molecule has 1 atom stereocenters. The fourth-order valence-corrected chi connectivity index (χ4v) is 7.68. The molecule has 1 aromatic rings. The van der Waals surface area contributed by atoms with Gasteiger partial charge in [-0.3, -0.25) is 4.67 Å². The number of hydrogen-bond donors (Lipinski definition) is 1. The fourth-order valence-electron chi connectivity index (χ4n) is 3.78. The molecule has 0 amide bonds. The molecule has 1 aromatic carbocycles. The maximum atomic E-state index is 6.39. The van der Waals surface area contributed by atoms with E-state index < -0.39 is 6.19 Å². The van der Waals surface area contributed by atoms with Gasteiger partial charge in [0.15, 0.2) is 0 Å². The summed E-state index contributed by atoms with van der Waals surface area (Å²) in [4.78, 5) is 1.62. The first-order valence-electron chi connectivity index (χ1n) is 8.63. The van der Waals surface area contributed by atoms with Gasteiger partial charge in [-0.15, -0.1) is 0 Å². The molecule has 1 aliphatic carbocycles. The molecule has 0 saturated carbocycles. The Kier molecular flexibility index (Phi) is 5.71. The van der Waals surface area contributed by atoms with E-state index in [1.807, 2.05) is 0 Å². The first-order chi connectivity index (χ1) is 11.1. The monoisotopic (exact) mass is 351 g/mol. The van der Waals surface area contributed by atoms with Gasteiger partial charge >= 0.3 is 0 Å². The standard InChI is InChI=1S/C18H27N2OPS/c1-19(2)22(23,16-8-4-3-5-9-16)18-11-7-6-10-17(18)20-12-14-21-15-13-20/h3-5,8-9H,6-7,10-15H2,1-2H3/p+1/t22-/m1/s1. The Morgan fingerprint density at radius 1 is 1.04 bits per heavy atom. The van der Waals surface area contributed by atoms with E-state index in [2.05, 4.69) is 49.1 Å². The van der Waals surface area contributed by atoms with Gasteiger partial charge in [-0.2, -0.15) is 0 Å². The van der Waals surface area contributed by atoms with Gasteiger partial charge in [0.1, 0.15) is 18.8 Å².